The number of nitrogens with zero attached hydrogens (tertiary/aromatic N) is 1. The van der Waals surface area contributed by atoms with E-state index in [9.17, 15) is 19.3 Å². The Balaban J connectivity index is 2.62. The summed E-state index contributed by atoms with van der Waals surface area (Å²) >= 11 is 0. The topological polar surface area (TPSA) is 78.7 Å². The lowest BCUT2D eigenvalue weighted by atomic mass is 10.0. The number of hydrogen-bond acceptors (Lipinski definition) is 5. The quantitative estimate of drug-likeness (QED) is 0.454. The first-order valence-corrected chi connectivity index (χ1v) is 4.93. The van der Waals surface area contributed by atoms with Gasteiger partial charge < -0.3 is 9.47 Å². The van der Waals surface area contributed by atoms with Crippen molar-refractivity contribution in [3.05, 3.63) is 44.9 Å². The van der Waals surface area contributed by atoms with Gasteiger partial charge in [-0.1, -0.05) is 0 Å². The van der Waals surface area contributed by atoms with E-state index in [4.69, 9.17) is 4.74 Å². The van der Waals surface area contributed by atoms with Crippen molar-refractivity contribution in [3.8, 4) is 5.75 Å². The molecule has 0 unspecified atom stereocenters. The van der Waals surface area contributed by atoms with Crippen molar-refractivity contribution in [3.63, 3.8) is 0 Å². The number of hydrogen-bond donors (Lipinski definition) is 0. The van der Waals surface area contributed by atoms with E-state index in [-0.39, 0.29) is 29.2 Å². The molecule has 0 amide bonds. The number of nitro groups is 1. The maximum atomic E-state index is 13.5. The molecule has 0 N–H and O–H groups in total. The molecule has 0 bridgehead atoms. The molecule has 1 aliphatic heterocycles. The molecule has 0 fully saturated rings. The second-order valence-electron chi connectivity index (χ2n) is 3.51. The molecule has 1 aromatic carbocycles. The summed E-state index contributed by atoms with van der Waals surface area (Å²) in [6.45, 7) is -0.346. The lowest BCUT2D eigenvalue weighted by Crippen LogP contribution is -2.17. The van der Waals surface area contributed by atoms with Crippen molar-refractivity contribution in [1.29, 1.82) is 0 Å². The van der Waals surface area contributed by atoms with Crippen molar-refractivity contribution in [2.24, 2.45) is 0 Å². The zero-order valence-corrected chi connectivity index (χ0v) is 9.31. The zero-order valence-electron chi connectivity index (χ0n) is 9.31. The fourth-order valence-electron chi connectivity index (χ4n) is 1.61. The van der Waals surface area contributed by atoms with Crippen LogP contribution < -0.4 is 4.74 Å². The fourth-order valence-corrected chi connectivity index (χ4v) is 1.61. The third-order valence-corrected chi connectivity index (χ3v) is 2.46. The van der Waals surface area contributed by atoms with E-state index in [0.29, 0.717) is 0 Å². The lowest BCUT2D eigenvalue weighted by molar-refractivity contribution is -0.427. The summed E-state index contributed by atoms with van der Waals surface area (Å²) in [5.41, 5.74) is -0.203. The molecule has 18 heavy (non-hydrogen) atoms. The maximum absolute atomic E-state index is 13.5. The van der Waals surface area contributed by atoms with E-state index in [0.717, 1.165) is 12.1 Å². The standard InChI is InChI=1S/C11H8FNO5/c1-17-11(14)7-2-3-9(12)10-8(7)4-6(5-18-10)13(15)16/h2-4H,5H2,1H3. The van der Waals surface area contributed by atoms with Crippen LogP contribution in [0.3, 0.4) is 0 Å². The molecule has 2 rings (SSSR count). The smallest absolute Gasteiger partial charge is 0.338 e. The van der Waals surface area contributed by atoms with Crippen molar-refractivity contribution in [2.75, 3.05) is 13.7 Å². The van der Waals surface area contributed by atoms with Crippen LogP contribution in [-0.4, -0.2) is 24.6 Å². The Labute approximate surface area is 101 Å². The van der Waals surface area contributed by atoms with Gasteiger partial charge in [0.05, 0.1) is 17.6 Å². The lowest BCUT2D eigenvalue weighted by Gasteiger charge is -2.16. The van der Waals surface area contributed by atoms with Gasteiger partial charge in [-0.05, 0) is 12.1 Å². The Morgan fingerprint density at radius 2 is 2.28 bits per heavy atom. The normalized spacial score (nSPS) is 13.1. The van der Waals surface area contributed by atoms with Crippen LogP contribution in [0.15, 0.2) is 17.8 Å². The Kier molecular flexibility index (Phi) is 2.97. The summed E-state index contributed by atoms with van der Waals surface area (Å²) in [6, 6.07) is 2.25. The number of fused-ring (bicyclic) bond motifs is 1. The number of ether oxygens (including phenoxy) is 2. The van der Waals surface area contributed by atoms with Gasteiger partial charge in [-0.3, -0.25) is 10.1 Å². The number of methoxy groups -OCH3 is 1. The minimum Gasteiger partial charge on any atom is -0.479 e. The zero-order chi connectivity index (χ0) is 13.3. The highest BCUT2D eigenvalue weighted by molar-refractivity contribution is 5.95. The van der Waals surface area contributed by atoms with Gasteiger partial charge >= 0.3 is 5.97 Å². The summed E-state index contributed by atoms with van der Waals surface area (Å²) in [7, 11) is 1.17. The average molecular weight is 253 g/mol. The molecule has 94 valence electrons. The van der Waals surface area contributed by atoms with Crippen molar-refractivity contribution >= 4 is 12.0 Å². The molecule has 0 saturated carbocycles. The van der Waals surface area contributed by atoms with Crippen molar-refractivity contribution in [1.82, 2.24) is 0 Å². The van der Waals surface area contributed by atoms with E-state index >= 15 is 0 Å². The fraction of sp³-hybridized carbons (Fsp3) is 0.182. The van der Waals surface area contributed by atoms with Crippen LogP contribution in [-0.2, 0) is 4.74 Å². The first-order valence-electron chi connectivity index (χ1n) is 4.93. The first-order chi connectivity index (χ1) is 8.54. The molecule has 0 radical (unpaired) electrons. The summed E-state index contributed by atoms with van der Waals surface area (Å²) in [5, 5.41) is 10.6. The van der Waals surface area contributed by atoms with Gasteiger partial charge in [0.2, 0.25) is 0 Å². The van der Waals surface area contributed by atoms with Crippen LogP contribution in [0.1, 0.15) is 15.9 Å². The summed E-state index contributed by atoms with van der Waals surface area (Å²) < 4.78 is 23.0. The Hall–Kier alpha value is -2.44. The Bertz CT molecular complexity index is 567. The van der Waals surface area contributed by atoms with Crippen molar-refractivity contribution in [2.45, 2.75) is 0 Å². The minimum atomic E-state index is -0.712. The van der Waals surface area contributed by atoms with Crippen LogP contribution in [0.2, 0.25) is 0 Å². The van der Waals surface area contributed by atoms with Crippen LogP contribution >= 0.6 is 0 Å². The largest absolute Gasteiger partial charge is 0.479 e. The second-order valence-corrected chi connectivity index (χ2v) is 3.51. The summed E-state index contributed by atoms with van der Waals surface area (Å²) in [6.07, 6.45) is 1.12. The summed E-state index contributed by atoms with van der Waals surface area (Å²) in [4.78, 5) is 21.5. The number of benzene rings is 1. The van der Waals surface area contributed by atoms with Crippen LogP contribution in [0, 0.1) is 15.9 Å². The highest BCUT2D eigenvalue weighted by atomic mass is 19.1. The first kappa shape index (κ1) is 12.0. The third-order valence-electron chi connectivity index (χ3n) is 2.46. The van der Waals surface area contributed by atoms with Gasteiger partial charge in [0.25, 0.3) is 5.70 Å². The Morgan fingerprint density at radius 1 is 1.56 bits per heavy atom. The monoisotopic (exact) mass is 253 g/mol. The van der Waals surface area contributed by atoms with Crippen LogP contribution in [0.4, 0.5) is 4.39 Å². The van der Waals surface area contributed by atoms with Gasteiger partial charge in [-0.15, -0.1) is 0 Å². The summed E-state index contributed by atoms with van der Waals surface area (Å²) in [5.74, 6) is -1.57. The third kappa shape index (κ3) is 1.90. The van der Waals surface area contributed by atoms with E-state index in [1.54, 1.807) is 0 Å². The van der Waals surface area contributed by atoms with Gasteiger partial charge in [-0.25, -0.2) is 9.18 Å². The maximum Gasteiger partial charge on any atom is 0.338 e. The van der Waals surface area contributed by atoms with Gasteiger partial charge in [0.1, 0.15) is 0 Å². The molecule has 0 atom stereocenters. The number of rotatable bonds is 2. The highest BCUT2D eigenvalue weighted by Crippen LogP contribution is 2.32. The predicted octanol–water partition coefficient (Wildman–Crippen LogP) is 1.62. The number of halogens is 1. The highest BCUT2D eigenvalue weighted by Gasteiger charge is 2.26. The SMILES string of the molecule is COC(=O)c1ccc(F)c2c1C=C([N+](=O)[O-])CO2. The van der Waals surface area contributed by atoms with Gasteiger partial charge in [-0.2, -0.15) is 0 Å². The van der Waals surface area contributed by atoms with Crippen LogP contribution in [0.5, 0.6) is 5.75 Å². The van der Waals surface area contributed by atoms with E-state index in [1.807, 2.05) is 0 Å². The van der Waals surface area contributed by atoms with E-state index in [1.165, 1.54) is 13.2 Å². The van der Waals surface area contributed by atoms with Crippen molar-refractivity contribution < 1.29 is 23.6 Å². The molecule has 7 heteroatoms. The molecule has 0 aliphatic carbocycles. The minimum absolute atomic E-state index is 0.0213. The van der Waals surface area contributed by atoms with E-state index in [2.05, 4.69) is 4.74 Å². The average Bonchev–Trinajstić information content (AvgIpc) is 2.38. The molecule has 1 aromatic rings. The van der Waals surface area contributed by atoms with E-state index < -0.39 is 16.7 Å². The molecule has 6 nitrogen and oxygen atoms in total. The number of carbonyl (C=O) groups is 1. The molecule has 0 aromatic heterocycles. The second kappa shape index (κ2) is 4.44. The molecule has 1 heterocycles. The van der Waals surface area contributed by atoms with Crippen LogP contribution in [0.25, 0.3) is 6.08 Å². The molecular weight excluding hydrogens is 245 g/mol. The Morgan fingerprint density at radius 3 is 2.89 bits per heavy atom. The predicted molar refractivity (Wildman–Crippen MR) is 58.2 cm³/mol. The number of carbonyl (C=O) groups excluding carboxylic acids is 1. The molecule has 1 aliphatic rings. The molecular formula is C11H8FNO5. The van der Waals surface area contributed by atoms with Gasteiger partial charge in [0, 0.05) is 11.6 Å². The molecule has 0 saturated heterocycles. The number of esters is 1. The van der Waals surface area contributed by atoms with Gasteiger partial charge in [0.15, 0.2) is 18.2 Å². The molecule has 0 spiro atoms.